The van der Waals surface area contributed by atoms with Crippen molar-refractivity contribution in [3.05, 3.63) is 53.1 Å². The van der Waals surface area contributed by atoms with Crippen molar-refractivity contribution in [3.63, 3.8) is 0 Å². The fourth-order valence-corrected chi connectivity index (χ4v) is 3.60. The van der Waals surface area contributed by atoms with Crippen LogP contribution in [-0.4, -0.2) is 42.4 Å². The first-order valence-electron chi connectivity index (χ1n) is 8.42. The van der Waals surface area contributed by atoms with Crippen molar-refractivity contribution in [2.24, 2.45) is 0 Å². The van der Waals surface area contributed by atoms with E-state index < -0.39 is 29.4 Å². The van der Waals surface area contributed by atoms with Gasteiger partial charge in [0, 0.05) is 22.4 Å². The van der Waals surface area contributed by atoms with Crippen molar-refractivity contribution < 1.29 is 38.8 Å². The number of anilines is 2. The van der Waals surface area contributed by atoms with Gasteiger partial charge in [0.05, 0.1) is 19.9 Å². The zero-order valence-corrected chi connectivity index (χ0v) is 15.3. The van der Waals surface area contributed by atoms with E-state index in [4.69, 9.17) is 4.74 Å². The number of ketones is 1. The maximum absolute atomic E-state index is 13.0. The molecule has 2 unspecified atom stereocenters. The Kier molecular flexibility index (Phi) is 4.00. The molecule has 150 valence electrons. The van der Waals surface area contributed by atoms with Crippen LogP contribution in [-0.2, 0) is 20.9 Å². The molecule has 2 amide bonds. The van der Waals surface area contributed by atoms with Crippen LogP contribution in [0.25, 0.3) is 0 Å². The second-order valence-corrected chi connectivity index (χ2v) is 6.46. The lowest BCUT2D eigenvalue weighted by Crippen LogP contribution is -2.48. The number of hydrogen-bond acceptors (Lipinski definition) is 8. The summed E-state index contributed by atoms with van der Waals surface area (Å²) in [7, 11) is 2.30. The molecule has 1 aliphatic heterocycles. The standard InChI is InChI=1S/C19H16N2O8/c1-27-16(23)20-9-7-12-14(13(8-9)21-17(24)28-2)29-19(26)11-6-4-3-5-10(11)15(22)18(12,19)25/h3-8,25-26H,1-2H3,(H,20,23)(H,21,24). The normalized spacial score (nSPS) is 23.4. The molecule has 1 heterocycles. The van der Waals surface area contributed by atoms with E-state index in [9.17, 15) is 24.6 Å². The zero-order valence-electron chi connectivity index (χ0n) is 15.3. The number of carbonyl (C=O) groups is 3. The van der Waals surface area contributed by atoms with Crippen molar-refractivity contribution in [3.8, 4) is 5.75 Å². The third-order valence-corrected chi connectivity index (χ3v) is 4.94. The first-order chi connectivity index (χ1) is 13.8. The number of methoxy groups -OCH3 is 2. The summed E-state index contributed by atoms with van der Waals surface area (Å²) in [5, 5.41) is 27.3. The lowest BCUT2D eigenvalue weighted by atomic mass is 9.86. The largest absolute Gasteiger partial charge is 0.453 e. The van der Waals surface area contributed by atoms with Gasteiger partial charge in [-0.05, 0) is 12.1 Å². The van der Waals surface area contributed by atoms with Crippen molar-refractivity contribution in [2.45, 2.75) is 11.4 Å². The quantitative estimate of drug-likeness (QED) is 0.596. The molecule has 0 radical (unpaired) electrons. The average Bonchev–Trinajstić information content (AvgIpc) is 3.05. The van der Waals surface area contributed by atoms with Gasteiger partial charge in [-0.25, -0.2) is 9.59 Å². The van der Waals surface area contributed by atoms with Gasteiger partial charge in [-0.3, -0.25) is 15.4 Å². The Morgan fingerprint density at radius 3 is 2.34 bits per heavy atom. The third-order valence-electron chi connectivity index (χ3n) is 4.94. The van der Waals surface area contributed by atoms with E-state index in [1.807, 2.05) is 0 Å². The molecule has 0 bridgehead atoms. The summed E-state index contributed by atoms with van der Waals surface area (Å²) in [4.78, 5) is 36.4. The lowest BCUT2D eigenvalue weighted by molar-refractivity contribution is -0.224. The van der Waals surface area contributed by atoms with Crippen molar-refractivity contribution in [1.29, 1.82) is 0 Å². The van der Waals surface area contributed by atoms with Crippen molar-refractivity contribution in [2.75, 3.05) is 24.9 Å². The number of amides is 2. The summed E-state index contributed by atoms with van der Waals surface area (Å²) < 4.78 is 14.8. The van der Waals surface area contributed by atoms with E-state index in [1.165, 1.54) is 24.3 Å². The number of rotatable bonds is 2. The highest BCUT2D eigenvalue weighted by molar-refractivity contribution is 6.10. The minimum absolute atomic E-state index is 0.0396. The first kappa shape index (κ1) is 18.7. The maximum atomic E-state index is 13.0. The number of carbonyl (C=O) groups excluding carboxylic acids is 3. The highest BCUT2D eigenvalue weighted by atomic mass is 16.7. The van der Waals surface area contributed by atoms with E-state index in [-0.39, 0.29) is 33.8 Å². The molecule has 1 aliphatic carbocycles. The molecule has 10 heteroatoms. The summed E-state index contributed by atoms with van der Waals surface area (Å²) in [5.74, 6) is -3.34. The SMILES string of the molecule is COC(=O)Nc1cc(NC(=O)OC)c2c(c1)C1(O)C(=O)c3ccccc3C1(O)O2. The van der Waals surface area contributed by atoms with Crippen LogP contribution in [0.15, 0.2) is 36.4 Å². The Labute approximate surface area is 164 Å². The van der Waals surface area contributed by atoms with Gasteiger partial charge < -0.3 is 24.4 Å². The molecule has 29 heavy (non-hydrogen) atoms. The van der Waals surface area contributed by atoms with E-state index >= 15 is 0 Å². The van der Waals surface area contributed by atoms with Gasteiger partial charge in [-0.2, -0.15) is 0 Å². The molecule has 0 saturated heterocycles. The fourth-order valence-electron chi connectivity index (χ4n) is 3.60. The highest BCUT2D eigenvalue weighted by Gasteiger charge is 2.70. The Balaban J connectivity index is 1.92. The topological polar surface area (TPSA) is 143 Å². The van der Waals surface area contributed by atoms with Crippen LogP contribution in [0, 0.1) is 0 Å². The minimum atomic E-state index is -2.49. The summed E-state index contributed by atoms with van der Waals surface area (Å²) >= 11 is 0. The molecular weight excluding hydrogens is 384 g/mol. The molecule has 2 atom stereocenters. The number of ether oxygens (including phenoxy) is 3. The van der Waals surface area contributed by atoms with Gasteiger partial charge in [0.1, 0.15) is 0 Å². The van der Waals surface area contributed by atoms with E-state index in [0.717, 1.165) is 14.2 Å². The highest BCUT2D eigenvalue weighted by Crippen LogP contribution is 2.60. The number of aliphatic hydroxyl groups is 2. The van der Waals surface area contributed by atoms with Crippen LogP contribution in [0.3, 0.4) is 0 Å². The predicted molar refractivity (Wildman–Crippen MR) is 97.7 cm³/mol. The van der Waals surface area contributed by atoms with Crippen LogP contribution in [0.2, 0.25) is 0 Å². The van der Waals surface area contributed by atoms with Gasteiger partial charge in [-0.1, -0.05) is 24.3 Å². The summed E-state index contributed by atoms with van der Waals surface area (Å²) in [6.07, 6.45) is -1.69. The summed E-state index contributed by atoms with van der Waals surface area (Å²) in [6, 6.07) is 8.65. The molecular formula is C19H16N2O8. The van der Waals surface area contributed by atoms with Crippen LogP contribution < -0.4 is 15.4 Å². The number of benzene rings is 2. The zero-order chi connectivity index (χ0) is 21.0. The van der Waals surface area contributed by atoms with E-state index in [1.54, 1.807) is 12.1 Å². The average molecular weight is 400 g/mol. The molecule has 2 aliphatic rings. The molecule has 0 saturated carbocycles. The molecule has 0 fully saturated rings. The molecule has 0 aromatic heterocycles. The lowest BCUT2D eigenvalue weighted by Gasteiger charge is -2.28. The van der Waals surface area contributed by atoms with Crippen molar-refractivity contribution >= 4 is 29.3 Å². The molecule has 2 aromatic carbocycles. The maximum Gasteiger partial charge on any atom is 0.411 e. The Morgan fingerprint density at radius 2 is 1.66 bits per heavy atom. The van der Waals surface area contributed by atoms with Gasteiger partial charge in [0.15, 0.2) is 5.75 Å². The van der Waals surface area contributed by atoms with Crippen LogP contribution in [0.5, 0.6) is 5.75 Å². The Hall–Kier alpha value is -3.63. The van der Waals surface area contributed by atoms with Gasteiger partial charge >= 0.3 is 12.2 Å². The number of hydrogen-bond donors (Lipinski definition) is 4. The minimum Gasteiger partial charge on any atom is -0.453 e. The monoisotopic (exact) mass is 400 g/mol. The third kappa shape index (κ3) is 2.39. The van der Waals surface area contributed by atoms with E-state index in [0.29, 0.717) is 0 Å². The first-order valence-corrected chi connectivity index (χ1v) is 8.42. The molecule has 4 rings (SSSR count). The molecule has 10 nitrogen and oxygen atoms in total. The fraction of sp³-hybridized carbons (Fsp3) is 0.211. The molecule has 0 spiro atoms. The number of fused-ring (bicyclic) bond motifs is 5. The number of nitrogens with one attached hydrogen (secondary N) is 2. The van der Waals surface area contributed by atoms with Gasteiger partial charge in [0.25, 0.3) is 5.79 Å². The van der Waals surface area contributed by atoms with Crippen LogP contribution >= 0.6 is 0 Å². The number of Topliss-reactive ketones (excluding diaryl/α,β-unsaturated/α-hetero) is 1. The summed E-state index contributed by atoms with van der Waals surface area (Å²) in [6.45, 7) is 0. The van der Waals surface area contributed by atoms with Crippen LogP contribution in [0.1, 0.15) is 21.5 Å². The Bertz CT molecular complexity index is 1070. The van der Waals surface area contributed by atoms with Crippen LogP contribution in [0.4, 0.5) is 21.0 Å². The smallest absolute Gasteiger partial charge is 0.411 e. The second-order valence-electron chi connectivity index (χ2n) is 6.46. The van der Waals surface area contributed by atoms with Crippen molar-refractivity contribution in [1.82, 2.24) is 0 Å². The molecule has 4 N–H and O–H groups in total. The van der Waals surface area contributed by atoms with Gasteiger partial charge in [0.2, 0.25) is 11.4 Å². The summed E-state index contributed by atoms with van der Waals surface area (Å²) in [5.41, 5.74) is -2.42. The van der Waals surface area contributed by atoms with Gasteiger partial charge in [-0.15, -0.1) is 0 Å². The Morgan fingerprint density at radius 1 is 1.00 bits per heavy atom. The predicted octanol–water partition coefficient (Wildman–Crippen LogP) is 1.66. The molecule has 2 aromatic rings. The van der Waals surface area contributed by atoms with E-state index in [2.05, 4.69) is 20.1 Å². The second kappa shape index (κ2) is 6.19.